The van der Waals surface area contributed by atoms with Gasteiger partial charge in [0.05, 0.1) is 0 Å². The van der Waals surface area contributed by atoms with Gasteiger partial charge in [0, 0.05) is 12.3 Å². The highest BCUT2D eigenvalue weighted by atomic mass is 16.1. The summed E-state index contributed by atoms with van der Waals surface area (Å²) in [7, 11) is 0. The van der Waals surface area contributed by atoms with Crippen molar-refractivity contribution in [1.29, 1.82) is 0 Å². The van der Waals surface area contributed by atoms with E-state index in [1.807, 2.05) is 37.3 Å². The molecule has 0 saturated carbocycles. The van der Waals surface area contributed by atoms with Gasteiger partial charge in [0.25, 0.3) is 0 Å². The second-order valence-electron chi connectivity index (χ2n) is 6.25. The molecule has 2 atom stereocenters. The van der Waals surface area contributed by atoms with Crippen molar-refractivity contribution in [2.75, 3.05) is 0 Å². The molecule has 114 valence electrons. The molecule has 1 aromatic rings. The summed E-state index contributed by atoms with van der Waals surface area (Å²) in [5, 5.41) is 0. The minimum atomic E-state index is -0.0988. The third kappa shape index (κ3) is 6.12. The lowest BCUT2D eigenvalue weighted by molar-refractivity contribution is -0.121. The Morgan fingerprint density at radius 2 is 1.81 bits per heavy atom. The monoisotopic (exact) mass is 284 g/mol. The van der Waals surface area contributed by atoms with Crippen molar-refractivity contribution in [3.63, 3.8) is 0 Å². The smallest absolute Gasteiger partial charge is 0.140 e. The molecule has 1 unspecified atom stereocenters. The van der Waals surface area contributed by atoms with E-state index in [-0.39, 0.29) is 5.92 Å². The zero-order valence-corrected chi connectivity index (χ0v) is 13.9. The third-order valence-corrected chi connectivity index (χ3v) is 3.91. The maximum Gasteiger partial charge on any atom is 0.140 e. The normalized spacial score (nSPS) is 13.3. The Morgan fingerprint density at radius 1 is 1.19 bits per heavy atom. The summed E-state index contributed by atoms with van der Waals surface area (Å²) in [6.45, 7) is 12.5. The lowest BCUT2D eigenvalue weighted by atomic mass is 9.87. The van der Waals surface area contributed by atoms with Crippen molar-refractivity contribution in [3.05, 3.63) is 54.1 Å². The molecule has 0 radical (unpaired) electrons. The first kappa shape index (κ1) is 17.4. The lowest BCUT2D eigenvalue weighted by Crippen LogP contribution is -2.15. The molecule has 21 heavy (non-hydrogen) atoms. The van der Waals surface area contributed by atoms with E-state index in [0.717, 1.165) is 24.0 Å². The zero-order chi connectivity index (χ0) is 15.8. The van der Waals surface area contributed by atoms with Gasteiger partial charge in [0.1, 0.15) is 5.78 Å². The summed E-state index contributed by atoms with van der Waals surface area (Å²) in [6.07, 6.45) is 5.02. The number of benzene rings is 1. The van der Waals surface area contributed by atoms with Gasteiger partial charge < -0.3 is 0 Å². The van der Waals surface area contributed by atoms with E-state index in [1.54, 1.807) is 0 Å². The van der Waals surface area contributed by atoms with Gasteiger partial charge in [-0.2, -0.15) is 0 Å². The standard InChI is InChI=1S/C20H28O/c1-15(2)10-9-11-16(3)14-20(21)18(5)17(4)19-12-7-6-8-13-19/h6-8,10,12-13,16,18H,4,9,11,14H2,1-3,5H3/t16-,18?/m0/s1. The Hall–Kier alpha value is -1.63. The van der Waals surface area contributed by atoms with Gasteiger partial charge in [0.2, 0.25) is 0 Å². The number of allylic oxidation sites excluding steroid dienone is 3. The predicted octanol–water partition coefficient (Wildman–Crippen LogP) is 5.68. The molecule has 1 heteroatoms. The number of Topliss-reactive ketones (excluding diaryl/α,β-unsaturated/α-hetero) is 1. The minimum absolute atomic E-state index is 0.0988. The first-order valence-corrected chi connectivity index (χ1v) is 7.82. The molecule has 0 bridgehead atoms. The van der Waals surface area contributed by atoms with Crippen LogP contribution >= 0.6 is 0 Å². The topological polar surface area (TPSA) is 17.1 Å². The zero-order valence-electron chi connectivity index (χ0n) is 13.9. The van der Waals surface area contributed by atoms with Crippen LogP contribution in [0.3, 0.4) is 0 Å². The average molecular weight is 284 g/mol. The number of hydrogen-bond donors (Lipinski definition) is 0. The fourth-order valence-corrected chi connectivity index (χ4v) is 2.38. The summed E-state index contributed by atoms with van der Waals surface area (Å²) >= 11 is 0. The third-order valence-electron chi connectivity index (χ3n) is 3.91. The van der Waals surface area contributed by atoms with Crippen LogP contribution in [0.4, 0.5) is 0 Å². The van der Waals surface area contributed by atoms with E-state index in [9.17, 15) is 4.79 Å². The molecule has 0 aliphatic carbocycles. The van der Waals surface area contributed by atoms with Crippen LogP contribution in [0.25, 0.3) is 5.57 Å². The van der Waals surface area contributed by atoms with Crippen molar-refractivity contribution in [2.24, 2.45) is 11.8 Å². The quantitative estimate of drug-likeness (QED) is 0.561. The van der Waals surface area contributed by atoms with E-state index >= 15 is 0 Å². The molecule has 1 aromatic carbocycles. The van der Waals surface area contributed by atoms with Gasteiger partial charge in [-0.15, -0.1) is 0 Å². The van der Waals surface area contributed by atoms with Gasteiger partial charge in [-0.05, 0) is 43.7 Å². The first-order valence-electron chi connectivity index (χ1n) is 7.82. The second-order valence-corrected chi connectivity index (χ2v) is 6.25. The fraction of sp³-hybridized carbons (Fsp3) is 0.450. The number of hydrogen-bond acceptors (Lipinski definition) is 1. The molecule has 1 rings (SSSR count). The van der Waals surface area contributed by atoms with Crippen LogP contribution in [0.2, 0.25) is 0 Å². The maximum absolute atomic E-state index is 12.4. The highest BCUT2D eigenvalue weighted by Crippen LogP contribution is 2.25. The lowest BCUT2D eigenvalue weighted by Gasteiger charge is -2.17. The number of carbonyl (C=O) groups is 1. The highest BCUT2D eigenvalue weighted by Gasteiger charge is 2.19. The molecular formula is C20H28O. The number of carbonyl (C=O) groups excluding carboxylic acids is 1. The van der Waals surface area contributed by atoms with E-state index < -0.39 is 0 Å². The Kier molecular flexibility index (Phi) is 7.14. The molecular weight excluding hydrogens is 256 g/mol. The molecule has 1 nitrogen and oxygen atoms in total. The molecule has 0 heterocycles. The van der Waals surface area contributed by atoms with Gasteiger partial charge in [-0.3, -0.25) is 4.79 Å². The van der Waals surface area contributed by atoms with E-state index in [1.165, 1.54) is 5.57 Å². The van der Waals surface area contributed by atoms with Crippen LogP contribution < -0.4 is 0 Å². The Balaban J connectivity index is 2.51. The Labute approximate surface area is 129 Å². The van der Waals surface area contributed by atoms with Crippen LogP contribution in [0.15, 0.2) is 48.6 Å². The molecule has 0 N–H and O–H groups in total. The van der Waals surface area contributed by atoms with Gasteiger partial charge >= 0.3 is 0 Å². The SMILES string of the molecule is C=C(c1ccccc1)C(C)C(=O)C[C@@H](C)CCC=C(C)C. The van der Waals surface area contributed by atoms with Crippen LogP contribution in [0.5, 0.6) is 0 Å². The molecule has 0 aliphatic heterocycles. The maximum atomic E-state index is 12.4. The van der Waals surface area contributed by atoms with Crippen molar-refractivity contribution in [3.8, 4) is 0 Å². The summed E-state index contributed by atoms with van der Waals surface area (Å²) < 4.78 is 0. The number of rotatable bonds is 8. The van der Waals surface area contributed by atoms with Crippen LogP contribution in [-0.2, 0) is 4.79 Å². The summed E-state index contributed by atoms with van der Waals surface area (Å²) in [6, 6.07) is 9.99. The summed E-state index contributed by atoms with van der Waals surface area (Å²) in [4.78, 5) is 12.4. The fourth-order valence-electron chi connectivity index (χ4n) is 2.38. The van der Waals surface area contributed by atoms with Crippen LogP contribution in [-0.4, -0.2) is 5.78 Å². The molecule has 0 amide bonds. The minimum Gasteiger partial charge on any atom is -0.299 e. The van der Waals surface area contributed by atoms with Gasteiger partial charge in [-0.1, -0.05) is 62.4 Å². The molecule has 0 aromatic heterocycles. The number of ketones is 1. The second kappa shape index (κ2) is 8.61. The Bertz CT molecular complexity index is 492. The van der Waals surface area contributed by atoms with Gasteiger partial charge in [-0.25, -0.2) is 0 Å². The van der Waals surface area contributed by atoms with E-state index in [0.29, 0.717) is 18.1 Å². The average Bonchev–Trinajstić information content (AvgIpc) is 2.46. The largest absolute Gasteiger partial charge is 0.299 e. The molecule has 0 saturated heterocycles. The van der Waals surface area contributed by atoms with E-state index in [2.05, 4.69) is 33.4 Å². The van der Waals surface area contributed by atoms with Crippen LogP contribution in [0, 0.1) is 11.8 Å². The Morgan fingerprint density at radius 3 is 2.38 bits per heavy atom. The predicted molar refractivity (Wildman–Crippen MR) is 92.1 cm³/mol. The van der Waals surface area contributed by atoms with Crippen molar-refractivity contribution in [1.82, 2.24) is 0 Å². The van der Waals surface area contributed by atoms with Crippen molar-refractivity contribution >= 4 is 11.4 Å². The molecule has 0 aliphatic rings. The molecule has 0 spiro atoms. The highest BCUT2D eigenvalue weighted by molar-refractivity contribution is 5.92. The van der Waals surface area contributed by atoms with Crippen LogP contribution in [0.1, 0.15) is 52.5 Å². The van der Waals surface area contributed by atoms with E-state index in [4.69, 9.17) is 0 Å². The van der Waals surface area contributed by atoms with Crippen molar-refractivity contribution < 1.29 is 4.79 Å². The first-order chi connectivity index (χ1) is 9.91. The summed E-state index contributed by atoms with van der Waals surface area (Å²) in [5.74, 6) is 0.631. The van der Waals surface area contributed by atoms with Crippen molar-refractivity contribution in [2.45, 2.75) is 47.0 Å². The summed E-state index contributed by atoms with van der Waals surface area (Å²) in [5.41, 5.74) is 3.34. The van der Waals surface area contributed by atoms with Gasteiger partial charge in [0.15, 0.2) is 0 Å². The molecule has 0 fully saturated rings.